The quantitative estimate of drug-likeness (QED) is 0.419. The summed E-state index contributed by atoms with van der Waals surface area (Å²) in [7, 11) is 0. The third-order valence-electron chi connectivity index (χ3n) is 0. The number of rotatable bonds is 0. The van der Waals surface area contributed by atoms with Crippen molar-refractivity contribution in [1.29, 1.82) is 0 Å². The topological polar surface area (TPSA) is 0 Å². The number of hydrogen-bond acceptors (Lipinski definition) is 0. The Morgan fingerprint density at radius 2 is 1.17 bits per heavy atom. The fraction of sp³-hybridized carbons (Fsp3) is 0. The van der Waals surface area contributed by atoms with Gasteiger partial charge in [-0.05, 0) is 11.0 Å². The van der Waals surface area contributed by atoms with E-state index in [0.29, 0.717) is 0 Å². The van der Waals surface area contributed by atoms with E-state index in [2.05, 4.69) is 0 Å². The maximum absolute atomic E-state index is 0. The smallest absolute Gasteiger partial charge is 1.00 e. The molecule has 27 valence electrons. The Balaban J connectivity index is 0. The Hall–Kier alpha value is 3.59. The summed E-state index contributed by atoms with van der Waals surface area (Å²) in [6.45, 7) is 0. The fourth-order valence-corrected chi connectivity index (χ4v) is 0. The predicted octanol–water partition coefficient (Wildman–Crippen LogP) is -2.91. The largest absolute Gasteiger partial charge is 2.00 e. The van der Waals surface area contributed by atoms with Gasteiger partial charge in [-0.25, -0.2) is 0 Å². The van der Waals surface area contributed by atoms with Crippen molar-refractivity contribution in [2.75, 3.05) is 0 Å². The van der Waals surface area contributed by atoms with Crippen molar-refractivity contribution >= 4 is 85.6 Å². The summed E-state index contributed by atoms with van der Waals surface area (Å²) < 4.78 is 0. The summed E-state index contributed by atoms with van der Waals surface area (Å²) >= 11 is 0. The Kier molecular flexibility index (Phi) is 351. The van der Waals surface area contributed by atoms with Crippen LogP contribution < -0.4 is 0 Å². The average Bonchev–Trinajstić information content (AvgIpc) is 0. The standard InChI is InChI=1S/Al.B.Ba.H3Si.V.Zn.5H/h;;;1H3;;;;;;;/q;;+2;;;;;;;2*-1. The summed E-state index contributed by atoms with van der Waals surface area (Å²) in [6, 6.07) is 0. The monoisotopic (exact) mass is 327 g/mol. The summed E-state index contributed by atoms with van der Waals surface area (Å²) in [4.78, 5) is 0. The molecule has 0 aromatic heterocycles. The molecule has 0 unspecified atom stereocenters. The van der Waals surface area contributed by atoms with Gasteiger partial charge in [0, 0.05) is 46.4 Å². The molecular weight excluding hydrogens is 320 g/mol. The molecule has 0 aromatic rings. The Bertz CT molecular complexity index is 22.0. The molecule has 0 aliphatic carbocycles. The van der Waals surface area contributed by atoms with Crippen molar-refractivity contribution < 1.29 is 40.9 Å². The van der Waals surface area contributed by atoms with Crippen LogP contribution in [0.15, 0.2) is 0 Å². The first-order chi connectivity index (χ1) is 0. The molecule has 0 nitrogen and oxygen atoms in total. The Morgan fingerprint density at radius 1 is 1.17 bits per heavy atom. The summed E-state index contributed by atoms with van der Waals surface area (Å²) in [6.07, 6.45) is 0. The second-order valence-corrected chi connectivity index (χ2v) is 0. The van der Waals surface area contributed by atoms with Crippen LogP contribution in [0.2, 0.25) is 0 Å². The SMILES string of the molecule is [AlH3].[B].[Ba+2].[H-].[H-].[SiH3].[V].[Zn]. The third kappa shape index (κ3) is 25.6. The van der Waals surface area contributed by atoms with E-state index in [-0.39, 0.29) is 127 Å². The van der Waals surface area contributed by atoms with Crippen LogP contribution in [0.1, 0.15) is 2.85 Å². The zero-order valence-corrected chi connectivity index (χ0v) is 14.2. The minimum Gasteiger partial charge on any atom is -1.00 e. The molecule has 0 saturated carbocycles. The molecule has 0 aliphatic rings. The van der Waals surface area contributed by atoms with Gasteiger partial charge in [-0.1, -0.05) is 0 Å². The van der Waals surface area contributed by atoms with Gasteiger partial charge in [-0.2, -0.15) is 0 Å². The molecule has 0 N–H and O–H groups in total. The minimum absolute atomic E-state index is 0. The van der Waals surface area contributed by atoms with Gasteiger partial charge in [0.25, 0.3) is 0 Å². The minimum atomic E-state index is 0. The molecule has 0 heterocycles. The third-order valence-corrected chi connectivity index (χ3v) is 0. The van der Waals surface area contributed by atoms with Gasteiger partial charge in [-0.15, -0.1) is 0 Å². The molecule has 0 aliphatic heterocycles. The van der Waals surface area contributed by atoms with Crippen molar-refractivity contribution in [3.63, 3.8) is 0 Å². The van der Waals surface area contributed by atoms with Gasteiger partial charge in [0.2, 0.25) is 0 Å². The van der Waals surface area contributed by atoms with Crippen LogP contribution in [-0.4, -0.2) is 85.6 Å². The van der Waals surface area contributed by atoms with Crippen LogP contribution in [0, 0.1) is 0 Å². The van der Waals surface area contributed by atoms with Crippen LogP contribution in [-0.2, 0) is 38.0 Å². The predicted molar refractivity (Wildman–Crippen MR) is 33.6 cm³/mol. The average molecular weight is 328 g/mol. The summed E-state index contributed by atoms with van der Waals surface area (Å²) in [5.41, 5.74) is 0. The molecule has 0 aromatic carbocycles. The summed E-state index contributed by atoms with van der Waals surface area (Å²) in [5.74, 6) is 0. The molecule has 6 heavy (non-hydrogen) atoms. The van der Waals surface area contributed by atoms with Gasteiger partial charge in [-0.3, -0.25) is 0 Å². The van der Waals surface area contributed by atoms with E-state index in [1.165, 1.54) is 0 Å². The Labute approximate surface area is 124 Å². The van der Waals surface area contributed by atoms with Crippen LogP contribution in [0.4, 0.5) is 0 Å². The van der Waals surface area contributed by atoms with E-state index in [1.54, 1.807) is 0 Å². The molecule has 6 heteroatoms. The van der Waals surface area contributed by atoms with Crippen molar-refractivity contribution in [3.05, 3.63) is 0 Å². The normalized spacial score (nSPS) is 0. The first-order valence-electron chi connectivity index (χ1n) is 0. The molecule has 0 saturated heterocycles. The second kappa shape index (κ2) is 38.4. The number of hydrogen-bond donors (Lipinski definition) is 0. The maximum atomic E-state index is 0. The van der Waals surface area contributed by atoms with Gasteiger partial charge < -0.3 is 2.85 Å². The van der Waals surface area contributed by atoms with E-state index < -0.39 is 0 Å². The van der Waals surface area contributed by atoms with Crippen LogP contribution in [0.3, 0.4) is 0 Å². The molecule has 0 fully saturated rings. The molecule has 0 bridgehead atoms. The second-order valence-electron chi connectivity index (χ2n) is 0. The van der Waals surface area contributed by atoms with Crippen LogP contribution in [0.25, 0.3) is 0 Å². The molecule has 5 radical (unpaired) electrons. The molecule has 0 atom stereocenters. The zero-order valence-electron chi connectivity index (χ0n) is 5.44. The summed E-state index contributed by atoms with van der Waals surface area (Å²) in [5, 5.41) is 0. The molecule has 0 amide bonds. The van der Waals surface area contributed by atoms with E-state index in [0.717, 1.165) is 0 Å². The molecule has 0 rings (SSSR count). The molecular formula is H8AlBBaSiVZn. The van der Waals surface area contributed by atoms with Crippen LogP contribution in [0.5, 0.6) is 0 Å². The van der Waals surface area contributed by atoms with E-state index in [4.69, 9.17) is 0 Å². The van der Waals surface area contributed by atoms with Crippen LogP contribution >= 0.6 is 0 Å². The molecule has 0 spiro atoms. The van der Waals surface area contributed by atoms with Crippen molar-refractivity contribution in [1.82, 2.24) is 0 Å². The van der Waals surface area contributed by atoms with E-state index in [1.807, 2.05) is 0 Å². The van der Waals surface area contributed by atoms with Crippen molar-refractivity contribution in [3.8, 4) is 0 Å². The van der Waals surface area contributed by atoms with Gasteiger partial charge in [0.15, 0.2) is 17.4 Å². The maximum Gasteiger partial charge on any atom is 2.00 e. The zero-order chi connectivity index (χ0) is 0. The Morgan fingerprint density at radius 3 is 1.17 bits per heavy atom. The van der Waals surface area contributed by atoms with Gasteiger partial charge in [0.05, 0.1) is 0 Å². The first kappa shape index (κ1) is 54.9. The van der Waals surface area contributed by atoms with E-state index >= 15 is 0 Å². The first-order valence-corrected chi connectivity index (χ1v) is 0. The van der Waals surface area contributed by atoms with Crippen molar-refractivity contribution in [2.45, 2.75) is 0 Å². The van der Waals surface area contributed by atoms with Gasteiger partial charge in [0.1, 0.15) is 0 Å². The van der Waals surface area contributed by atoms with Gasteiger partial charge >= 0.3 is 48.9 Å². The van der Waals surface area contributed by atoms with Crippen molar-refractivity contribution in [2.24, 2.45) is 0 Å². The fourth-order valence-electron chi connectivity index (χ4n) is 0. The van der Waals surface area contributed by atoms with E-state index in [9.17, 15) is 0 Å².